The Bertz CT molecular complexity index is 633. The Morgan fingerprint density at radius 2 is 2.00 bits per heavy atom. The van der Waals surface area contributed by atoms with Crippen molar-refractivity contribution in [1.29, 1.82) is 5.26 Å². The van der Waals surface area contributed by atoms with Crippen LogP contribution in [0.1, 0.15) is 5.56 Å². The molecule has 3 nitrogen and oxygen atoms in total. The van der Waals surface area contributed by atoms with Crippen molar-refractivity contribution in [3.63, 3.8) is 0 Å². The molecule has 0 bridgehead atoms. The highest BCUT2D eigenvalue weighted by Crippen LogP contribution is 2.27. The van der Waals surface area contributed by atoms with E-state index in [4.69, 9.17) is 5.26 Å². The molecule has 0 fully saturated rings. The highest BCUT2D eigenvalue weighted by molar-refractivity contribution is 5.66. The van der Waals surface area contributed by atoms with Crippen molar-refractivity contribution in [2.75, 3.05) is 6.61 Å². The maximum atomic E-state index is 12.1. The van der Waals surface area contributed by atoms with Crippen LogP contribution < -0.4 is 4.74 Å². The molecule has 102 valence electrons. The van der Waals surface area contributed by atoms with Crippen LogP contribution in [0.2, 0.25) is 0 Å². The molecule has 0 radical (unpaired) electrons. The maximum Gasteiger partial charge on any atom is 0.422 e. The van der Waals surface area contributed by atoms with Gasteiger partial charge in [0.25, 0.3) is 0 Å². The SMILES string of the molecule is N#Cc1cc(-c2cccnc2)ccc1OCC(F)(F)F. The molecule has 0 amide bonds. The number of halogens is 3. The van der Waals surface area contributed by atoms with Crippen molar-refractivity contribution in [3.8, 4) is 22.9 Å². The topological polar surface area (TPSA) is 45.9 Å². The first kappa shape index (κ1) is 13.9. The molecule has 0 aliphatic carbocycles. The summed E-state index contributed by atoms with van der Waals surface area (Å²) in [5.41, 5.74) is 1.51. The Hall–Kier alpha value is -2.55. The molecule has 1 heterocycles. The molecule has 0 spiro atoms. The van der Waals surface area contributed by atoms with E-state index in [1.54, 1.807) is 30.6 Å². The second-order valence-corrected chi connectivity index (χ2v) is 3.97. The molecule has 0 aliphatic heterocycles. The first-order valence-electron chi connectivity index (χ1n) is 5.64. The molecule has 2 aromatic rings. The number of ether oxygens (including phenoxy) is 1. The Kier molecular flexibility index (Phi) is 3.89. The van der Waals surface area contributed by atoms with Crippen LogP contribution in [0.25, 0.3) is 11.1 Å². The first-order chi connectivity index (χ1) is 9.49. The minimum absolute atomic E-state index is 0.0515. The molecule has 0 aliphatic rings. The summed E-state index contributed by atoms with van der Waals surface area (Å²) in [4.78, 5) is 3.94. The van der Waals surface area contributed by atoms with Gasteiger partial charge in [0, 0.05) is 18.0 Å². The lowest BCUT2D eigenvalue weighted by Gasteiger charge is -2.11. The van der Waals surface area contributed by atoms with E-state index >= 15 is 0 Å². The molecule has 1 aromatic heterocycles. The van der Waals surface area contributed by atoms with Gasteiger partial charge in [-0.15, -0.1) is 0 Å². The molecule has 0 saturated carbocycles. The van der Waals surface area contributed by atoms with Gasteiger partial charge in [0.1, 0.15) is 11.8 Å². The molecule has 0 N–H and O–H groups in total. The van der Waals surface area contributed by atoms with Gasteiger partial charge in [0.05, 0.1) is 5.56 Å². The second-order valence-electron chi connectivity index (χ2n) is 3.97. The summed E-state index contributed by atoms with van der Waals surface area (Å²) in [6.45, 7) is -1.42. The van der Waals surface area contributed by atoms with Crippen LogP contribution in [0.15, 0.2) is 42.7 Å². The number of alkyl halides is 3. The average Bonchev–Trinajstić information content (AvgIpc) is 2.45. The number of aromatic nitrogens is 1. The standard InChI is InChI=1S/C14H9F3N2O/c15-14(16,17)9-20-13-4-3-10(6-12(13)7-18)11-2-1-5-19-8-11/h1-6,8H,9H2. The Morgan fingerprint density at radius 3 is 2.60 bits per heavy atom. The lowest BCUT2D eigenvalue weighted by molar-refractivity contribution is -0.153. The molecule has 0 unspecified atom stereocenters. The van der Waals surface area contributed by atoms with Crippen LogP contribution in [-0.2, 0) is 0 Å². The fourth-order valence-corrected chi connectivity index (χ4v) is 1.62. The molecule has 0 atom stereocenters. The van der Waals surface area contributed by atoms with Gasteiger partial charge in [-0.1, -0.05) is 12.1 Å². The van der Waals surface area contributed by atoms with Gasteiger partial charge in [-0.3, -0.25) is 4.98 Å². The summed E-state index contributed by atoms with van der Waals surface area (Å²) < 4.78 is 40.9. The Morgan fingerprint density at radius 1 is 1.20 bits per heavy atom. The molecular weight excluding hydrogens is 269 g/mol. The quantitative estimate of drug-likeness (QED) is 0.862. The van der Waals surface area contributed by atoms with E-state index in [2.05, 4.69) is 9.72 Å². The van der Waals surface area contributed by atoms with E-state index < -0.39 is 12.8 Å². The van der Waals surface area contributed by atoms with Crippen molar-refractivity contribution in [3.05, 3.63) is 48.3 Å². The van der Waals surface area contributed by atoms with Crippen molar-refractivity contribution in [2.45, 2.75) is 6.18 Å². The van der Waals surface area contributed by atoms with E-state index in [0.29, 0.717) is 5.56 Å². The number of benzene rings is 1. The third-order valence-electron chi connectivity index (χ3n) is 2.49. The van der Waals surface area contributed by atoms with E-state index in [1.807, 2.05) is 6.07 Å². The summed E-state index contributed by atoms with van der Waals surface area (Å²) in [7, 11) is 0. The van der Waals surface area contributed by atoms with E-state index in [-0.39, 0.29) is 11.3 Å². The molecule has 6 heteroatoms. The smallest absolute Gasteiger partial charge is 0.422 e. The van der Waals surface area contributed by atoms with E-state index in [9.17, 15) is 13.2 Å². The number of pyridine rings is 1. The fraction of sp³-hybridized carbons (Fsp3) is 0.143. The number of hydrogen-bond acceptors (Lipinski definition) is 3. The molecular formula is C14H9F3N2O. The minimum atomic E-state index is -4.44. The summed E-state index contributed by atoms with van der Waals surface area (Å²) in [6, 6.07) is 9.77. The Balaban J connectivity index is 2.28. The highest BCUT2D eigenvalue weighted by atomic mass is 19.4. The summed E-state index contributed by atoms with van der Waals surface area (Å²) >= 11 is 0. The van der Waals surface area contributed by atoms with E-state index in [0.717, 1.165) is 5.56 Å². The largest absolute Gasteiger partial charge is 0.483 e. The third-order valence-corrected chi connectivity index (χ3v) is 2.49. The molecule has 2 rings (SSSR count). The zero-order valence-electron chi connectivity index (χ0n) is 10.2. The summed E-state index contributed by atoms with van der Waals surface area (Å²) in [5.74, 6) is -0.0857. The van der Waals surface area contributed by atoms with Crippen molar-refractivity contribution in [2.24, 2.45) is 0 Å². The summed E-state index contributed by atoms with van der Waals surface area (Å²) in [5, 5.41) is 8.99. The predicted molar refractivity (Wildman–Crippen MR) is 65.9 cm³/mol. The van der Waals surface area contributed by atoms with Gasteiger partial charge in [-0.2, -0.15) is 18.4 Å². The van der Waals surface area contributed by atoms with Gasteiger partial charge in [-0.05, 0) is 23.8 Å². The van der Waals surface area contributed by atoms with Crippen LogP contribution in [0.3, 0.4) is 0 Å². The second kappa shape index (κ2) is 5.61. The molecule has 0 saturated heterocycles. The fourth-order valence-electron chi connectivity index (χ4n) is 1.62. The minimum Gasteiger partial charge on any atom is -0.483 e. The third kappa shape index (κ3) is 3.48. The van der Waals surface area contributed by atoms with Gasteiger partial charge < -0.3 is 4.74 Å². The van der Waals surface area contributed by atoms with Crippen molar-refractivity contribution >= 4 is 0 Å². The number of nitrogens with zero attached hydrogens (tertiary/aromatic N) is 2. The van der Waals surface area contributed by atoms with Gasteiger partial charge in [0.15, 0.2) is 6.61 Å². The average molecular weight is 278 g/mol. The van der Waals surface area contributed by atoms with Crippen LogP contribution in [0.5, 0.6) is 5.75 Å². The zero-order valence-corrected chi connectivity index (χ0v) is 10.2. The van der Waals surface area contributed by atoms with Crippen LogP contribution >= 0.6 is 0 Å². The zero-order chi connectivity index (χ0) is 14.6. The molecule has 20 heavy (non-hydrogen) atoms. The lowest BCUT2D eigenvalue weighted by atomic mass is 10.0. The summed E-state index contributed by atoms with van der Waals surface area (Å²) in [6.07, 6.45) is -1.23. The highest BCUT2D eigenvalue weighted by Gasteiger charge is 2.28. The monoisotopic (exact) mass is 278 g/mol. The number of nitriles is 1. The first-order valence-corrected chi connectivity index (χ1v) is 5.64. The van der Waals surface area contributed by atoms with Crippen LogP contribution in [-0.4, -0.2) is 17.8 Å². The van der Waals surface area contributed by atoms with Crippen LogP contribution in [0, 0.1) is 11.3 Å². The molecule has 1 aromatic carbocycles. The lowest BCUT2D eigenvalue weighted by Crippen LogP contribution is -2.19. The predicted octanol–water partition coefficient (Wildman–Crippen LogP) is 3.56. The van der Waals surface area contributed by atoms with Gasteiger partial charge in [-0.25, -0.2) is 0 Å². The normalized spacial score (nSPS) is 10.9. The van der Waals surface area contributed by atoms with Gasteiger partial charge in [0.2, 0.25) is 0 Å². The Labute approximate surface area is 113 Å². The van der Waals surface area contributed by atoms with Crippen molar-refractivity contribution < 1.29 is 17.9 Å². The van der Waals surface area contributed by atoms with E-state index in [1.165, 1.54) is 12.1 Å². The van der Waals surface area contributed by atoms with Crippen LogP contribution in [0.4, 0.5) is 13.2 Å². The number of rotatable bonds is 3. The number of hydrogen-bond donors (Lipinski definition) is 0. The van der Waals surface area contributed by atoms with Gasteiger partial charge >= 0.3 is 6.18 Å². The van der Waals surface area contributed by atoms with Crippen molar-refractivity contribution in [1.82, 2.24) is 4.98 Å². The maximum absolute atomic E-state index is 12.1.